The maximum Gasteiger partial charge on any atom is 0.255 e. The van der Waals surface area contributed by atoms with Gasteiger partial charge in [-0.1, -0.05) is 53.5 Å². The summed E-state index contributed by atoms with van der Waals surface area (Å²) in [5.41, 5.74) is 1.29. The van der Waals surface area contributed by atoms with Gasteiger partial charge in [0.1, 0.15) is 5.75 Å². The highest BCUT2D eigenvalue weighted by atomic mass is 35.5. The second kappa shape index (κ2) is 7.12. The summed E-state index contributed by atoms with van der Waals surface area (Å²) in [5.74, 6) is 0.317. The van der Waals surface area contributed by atoms with Crippen molar-refractivity contribution >= 4 is 39.9 Å². The zero-order valence-electron chi connectivity index (χ0n) is 13.0. The largest absolute Gasteiger partial charge is 0.496 e. The van der Waals surface area contributed by atoms with Crippen molar-refractivity contribution in [2.24, 2.45) is 0 Å². The van der Waals surface area contributed by atoms with Crippen molar-refractivity contribution in [3.63, 3.8) is 0 Å². The van der Waals surface area contributed by atoms with E-state index >= 15 is 0 Å². The molecule has 0 aliphatic heterocycles. The normalized spacial score (nSPS) is 10.6. The number of hydrogen-bond donors (Lipinski definition) is 1. The quantitative estimate of drug-likeness (QED) is 0.704. The van der Waals surface area contributed by atoms with Gasteiger partial charge in [-0.15, -0.1) is 0 Å². The molecule has 0 aliphatic rings. The van der Waals surface area contributed by atoms with E-state index in [4.69, 9.17) is 27.9 Å². The Kier molecular flexibility index (Phi) is 4.93. The summed E-state index contributed by atoms with van der Waals surface area (Å²) in [7, 11) is 1.55. The molecule has 1 N–H and O–H groups in total. The van der Waals surface area contributed by atoms with Gasteiger partial charge < -0.3 is 10.1 Å². The molecule has 0 unspecified atom stereocenters. The number of nitrogens with one attached hydrogen (secondary N) is 1. The van der Waals surface area contributed by atoms with Crippen LogP contribution in [0.3, 0.4) is 0 Å². The second-order valence-electron chi connectivity index (χ2n) is 5.32. The molecule has 3 aromatic rings. The minimum Gasteiger partial charge on any atom is -0.496 e. The Labute approximate surface area is 150 Å². The summed E-state index contributed by atoms with van der Waals surface area (Å²) < 4.78 is 5.36. The fourth-order valence-electron chi connectivity index (χ4n) is 2.50. The number of carbonyl (C=O) groups excluding carboxylic acids is 1. The molecular formula is C19H15Cl2NO2. The van der Waals surface area contributed by atoms with Crippen molar-refractivity contribution < 1.29 is 9.53 Å². The molecule has 0 aliphatic carbocycles. The second-order valence-corrected chi connectivity index (χ2v) is 6.16. The standard InChI is InChI=1S/C19H15Cl2NO2/c1-24-18-9-13-5-3-2-4-12(13)8-16(18)19(23)22-11-14-6-7-15(20)10-17(14)21/h2-10H,11H2,1H3,(H,22,23). The maximum atomic E-state index is 12.6. The molecule has 24 heavy (non-hydrogen) atoms. The van der Waals surface area contributed by atoms with Crippen LogP contribution in [0.4, 0.5) is 0 Å². The third kappa shape index (κ3) is 3.48. The van der Waals surface area contributed by atoms with Crippen LogP contribution in [0.15, 0.2) is 54.6 Å². The van der Waals surface area contributed by atoms with Crippen molar-refractivity contribution in [2.75, 3.05) is 7.11 Å². The van der Waals surface area contributed by atoms with Gasteiger partial charge in [0.25, 0.3) is 5.91 Å². The Bertz CT molecular complexity index is 909. The van der Waals surface area contributed by atoms with E-state index in [2.05, 4.69) is 5.32 Å². The lowest BCUT2D eigenvalue weighted by Gasteiger charge is -2.12. The minimum atomic E-state index is -0.219. The lowest BCUT2D eigenvalue weighted by molar-refractivity contribution is 0.0948. The Hall–Kier alpha value is -2.23. The first-order chi connectivity index (χ1) is 11.6. The number of benzene rings is 3. The average Bonchev–Trinajstić information content (AvgIpc) is 2.59. The predicted octanol–water partition coefficient (Wildman–Crippen LogP) is 5.09. The lowest BCUT2D eigenvalue weighted by atomic mass is 10.1. The lowest BCUT2D eigenvalue weighted by Crippen LogP contribution is -2.23. The number of hydrogen-bond acceptors (Lipinski definition) is 2. The Morgan fingerprint density at radius 1 is 1.04 bits per heavy atom. The smallest absolute Gasteiger partial charge is 0.255 e. The molecule has 122 valence electrons. The molecule has 3 rings (SSSR count). The van der Waals surface area contributed by atoms with Crippen LogP contribution in [0.1, 0.15) is 15.9 Å². The third-order valence-corrected chi connectivity index (χ3v) is 4.35. The molecule has 0 aromatic heterocycles. The van der Waals surface area contributed by atoms with E-state index in [9.17, 15) is 4.79 Å². The minimum absolute atomic E-state index is 0.219. The SMILES string of the molecule is COc1cc2ccccc2cc1C(=O)NCc1ccc(Cl)cc1Cl. The van der Waals surface area contributed by atoms with Crippen LogP contribution in [0.25, 0.3) is 10.8 Å². The molecule has 0 radical (unpaired) electrons. The van der Waals surface area contributed by atoms with E-state index in [0.29, 0.717) is 27.9 Å². The van der Waals surface area contributed by atoms with Crippen molar-refractivity contribution in [1.82, 2.24) is 5.32 Å². The van der Waals surface area contributed by atoms with Gasteiger partial charge in [-0.2, -0.15) is 0 Å². The van der Waals surface area contributed by atoms with E-state index < -0.39 is 0 Å². The number of methoxy groups -OCH3 is 1. The summed E-state index contributed by atoms with van der Waals surface area (Å²) in [5, 5.41) is 5.95. The van der Waals surface area contributed by atoms with Gasteiger partial charge in [0.2, 0.25) is 0 Å². The van der Waals surface area contributed by atoms with Crippen molar-refractivity contribution in [1.29, 1.82) is 0 Å². The van der Waals surface area contributed by atoms with E-state index in [0.717, 1.165) is 16.3 Å². The molecule has 1 amide bonds. The predicted molar refractivity (Wildman–Crippen MR) is 98.1 cm³/mol. The number of halogens is 2. The number of ether oxygens (including phenoxy) is 1. The molecule has 0 bridgehead atoms. The van der Waals surface area contributed by atoms with E-state index in [1.807, 2.05) is 36.4 Å². The summed E-state index contributed by atoms with van der Waals surface area (Å²) in [4.78, 5) is 12.6. The molecule has 0 spiro atoms. The summed E-state index contributed by atoms with van der Waals surface area (Å²) in [6, 6.07) is 16.7. The molecule has 0 saturated carbocycles. The van der Waals surface area contributed by atoms with Gasteiger partial charge >= 0.3 is 0 Å². The summed E-state index contributed by atoms with van der Waals surface area (Å²) >= 11 is 12.0. The highest BCUT2D eigenvalue weighted by molar-refractivity contribution is 6.35. The Morgan fingerprint density at radius 3 is 2.42 bits per heavy atom. The van der Waals surface area contributed by atoms with Crippen LogP contribution >= 0.6 is 23.2 Å². The number of carbonyl (C=O) groups is 1. The van der Waals surface area contributed by atoms with Gasteiger partial charge in [-0.3, -0.25) is 4.79 Å². The fourth-order valence-corrected chi connectivity index (χ4v) is 2.98. The monoisotopic (exact) mass is 359 g/mol. The van der Waals surface area contributed by atoms with Crippen LogP contribution < -0.4 is 10.1 Å². The Morgan fingerprint density at radius 2 is 1.75 bits per heavy atom. The number of rotatable bonds is 4. The van der Waals surface area contributed by atoms with E-state index in [1.165, 1.54) is 0 Å². The Balaban J connectivity index is 1.85. The molecule has 0 fully saturated rings. The topological polar surface area (TPSA) is 38.3 Å². The van der Waals surface area contributed by atoms with Crippen LogP contribution in [0.5, 0.6) is 5.75 Å². The van der Waals surface area contributed by atoms with Gasteiger partial charge in [0, 0.05) is 16.6 Å². The molecule has 5 heteroatoms. The maximum absolute atomic E-state index is 12.6. The fraction of sp³-hybridized carbons (Fsp3) is 0.105. The van der Waals surface area contributed by atoms with Gasteiger partial charge in [0.15, 0.2) is 0 Å². The highest BCUT2D eigenvalue weighted by Gasteiger charge is 2.14. The third-order valence-electron chi connectivity index (χ3n) is 3.77. The summed E-state index contributed by atoms with van der Waals surface area (Å²) in [6.07, 6.45) is 0. The van der Waals surface area contributed by atoms with Crippen LogP contribution in [-0.2, 0) is 6.54 Å². The van der Waals surface area contributed by atoms with Crippen LogP contribution in [0, 0.1) is 0 Å². The van der Waals surface area contributed by atoms with Gasteiger partial charge in [-0.05, 0) is 40.6 Å². The molecule has 0 atom stereocenters. The van der Waals surface area contributed by atoms with Crippen molar-refractivity contribution in [3.05, 3.63) is 75.8 Å². The van der Waals surface area contributed by atoms with Gasteiger partial charge in [-0.25, -0.2) is 0 Å². The molecule has 3 aromatic carbocycles. The van der Waals surface area contributed by atoms with Crippen LogP contribution in [0.2, 0.25) is 10.0 Å². The number of fused-ring (bicyclic) bond motifs is 1. The van der Waals surface area contributed by atoms with Gasteiger partial charge in [0.05, 0.1) is 12.7 Å². The first-order valence-corrected chi connectivity index (χ1v) is 8.13. The first kappa shape index (κ1) is 16.6. The zero-order valence-corrected chi connectivity index (χ0v) is 14.5. The van der Waals surface area contributed by atoms with E-state index in [-0.39, 0.29) is 5.91 Å². The molecular weight excluding hydrogens is 345 g/mol. The molecule has 0 saturated heterocycles. The average molecular weight is 360 g/mol. The van der Waals surface area contributed by atoms with Crippen molar-refractivity contribution in [3.8, 4) is 5.75 Å². The van der Waals surface area contributed by atoms with Crippen molar-refractivity contribution in [2.45, 2.75) is 6.54 Å². The summed E-state index contributed by atoms with van der Waals surface area (Å²) in [6.45, 7) is 0.310. The zero-order chi connectivity index (χ0) is 17.1. The van der Waals surface area contributed by atoms with E-state index in [1.54, 1.807) is 25.3 Å². The highest BCUT2D eigenvalue weighted by Crippen LogP contribution is 2.26. The molecule has 3 nitrogen and oxygen atoms in total. The number of amides is 1. The molecule has 0 heterocycles. The first-order valence-electron chi connectivity index (χ1n) is 7.37. The van der Waals surface area contributed by atoms with Crippen LogP contribution in [-0.4, -0.2) is 13.0 Å².